The number of amides is 1. The summed E-state index contributed by atoms with van der Waals surface area (Å²) in [7, 11) is -3.43. The summed E-state index contributed by atoms with van der Waals surface area (Å²) in [5.74, 6) is 0.367. The molecular weight excluding hydrogens is 457 g/mol. The van der Waals surface area contributed by atoms with E-state index in [4.69, 9.17) is 4.74 Å². The summed E-state index contributed by atoms with van der Waals surface area (Å²) >= 11 is 0. The normalized spacial score (nSPS) is 18.1. The molecule has 0 spiro atoms. The number of likely N-dealkylation sites (tertiary alicyclic amines) is 1. The molecule has 0 radical (unpaired) electrons. The summed E-state index contributed by atoms with van der Waals surface area (Å²) in [6.07, 6.45) is 3.39. The molecule has 0 aromatic heterocycles. The van der Waals surface area contributed by atoms with Crippen LogP contribution in [0, 0.1) is 11.7 Å². The van der Waals surface area contributed by atoms with Gasteiger partial charge in [0.2, 0.25) is 15.9 Å². The molecule has 0 unspecified atom stereocenters. The van der Waals surface area contributed by atoms with Gasteiger partial charge in [-0.1, -0.05) is 12.1 Å². The Hall–Kier alpha value is -2.49. The minimum absolute atomic E-state index is 0.0143. The van der Waals surface area contributed by atoms with Crippen molar-refractivity contribution in [1.82, 2.24) is 14.5 Å². The van der Waals surface area contributed by atoms with Crippen LogP contribution in [0.5, 0.6) is 5.75 Å². The van der Waals surface area contributed by atoms with E-state index in [1.165, 1.54) is 16.4 Å². The Morgan fingerprint density at radius 3 is 2.26 bits per heavy atom. The molecule has 184 valence electrons. The predicted molar refractivity (Wildman–Crippen MR) is 127 cm³/mol. The highest BCUT2D eigenvalue weighted by Crippen LogP contribution is 2.23. The molecule has 9 heteroatoms. The number of nitrogens with one attached hydrogen (secondary N) is 1. The zero-order chi connectivity index (χ0) is 24.0. The fourth-order valence-corrected chi connectivity index (χ4v) is 5.99. The fraction of sp³-hybridized carbons (Fsp3) is 0.480. The summed E-state index contributed by atoms with van der Waals surface area (Å²) in [5.41, 5.74) is 1.07. The highest BCUT2D eigenvalue weighted by Gasteiger charge is 2.27. The van der Waals surface area contributed by atoms with Crippen molar-refractivity contribution in [3.8, 4) is 5.75 Å². The molecular formula is C25H32FN3O4S. The van der Waals surface area contributed by atoms with Crippen LogP contribution in [0.4, 0.5) is 4.39 Å². The maximum absolute atomic E-state index is 13.1. The van der Waals surface area contributed by atoms with Gasteiger partial charge < -0.3 is 10.1 Å². The van der Waals surface area contributed by atoms with E-state index in [1.54, 1.807) is 36.4 Å². The monoisotopic (exact) mass is 489 g/mol. The van der Waals surface area contributed by atoms with E-state index in [1.807, 2.05) is 0 Å². The highest BCUT2D eigenvalue weighted by atomic mass is 32.2. The number of carbonyl (C=O) groups excluding carboxylic acids is 1. The van der Waals surface area contributed by atoms with Crippen LogP contribution in [-0.2, 0) is 21.4 Å². The van der Waals surface area contributed by atoms with Crippen molar-refractivity contribution in [2.75, 3.05) is 39.3 Å². The number of benzene rings is 2. The second-order valence-corrected chi connectivity index (χ2v) is 10.8. The molecule has 2 fully saturated rings. The van der Waals surface area contributed by atoms with Crippen LogP contribution in [0.3, 0.4) is 0 Å². The van der Waals surface area contributed by atoms with Gasteiger partial charge in [-0.2, -0.15) is 4.31 Å². The zero-order valence-electron chi connectivity index (χ0n) is 19.3. The van der Waals surface area contributed by atoms with E-state index < -0.39 is 10.0 Å². The average molecular weight is 490 g/mol. The average Bonchev–Trinajstić information content (AvgIpc) is 3.40. The molecule has 2 aromatic carbocycles. The van der Waals surface area contributed by atoms with Gasteiger partial charge in [0.1, 0.15) is 18.2 Å². The number of sulfonamides is 1. The summed E-state index contributed by atoms with van der Waals surface area (Å²) in [6, 6.07) is 13.0. The van der Waals surface area contributed by atoms with Crippen LogP contribution < -0.4 is 10.1 Å². The van der Waals surface area contributed by atoms with Gasteiger partial charge in [0.25, 0.3) is 0 Å². The molecule has 0 atom stereocenters. The first-order chi connectivity index (χ1) is 16.4. The molecule has 1 N–H and O–H groups in total. The van der Waals surface area contributed by atoms with Crippen molar-refractivity contribution in [1.29, 1.82) is 0 Å². The van der Waals surface area contributed by atoms with E-state index in [0.29, 0.717) is 32.0 Å². The largest absolute Gasteiger partial charge is 0.492 e. The quantitative estimate of drug-likeness (QED) is 0.548. The number of hydrogen-bond donors (Lipinski definition) is 1. The number of carbonyl (C=O) groups is 1. The molecule has 7 nitrogen and oxygen atoms in total. The van der Waals surface area contributed by atoms with E-state index in [2.05, 4.69) is 10.2 Å². The van der Waals surface area contributed by atoms with Crippen LogP contribution in [-0.4, -0.2) is 62.9 Å². The van der Waals surface area contributed by atoms with Crippen molar-refractivity contribution in [3.05, 3.63) is 59.9 Å². The third-order valence-electron chi connectivity index (χ3n) is 6.47. The Kier molecular flexibility index (Phi) is 8.18. The molecule has 2 heterocycles. The molecule has 1 amide bonds. The second kappa shape index (κ2) is 11.3. The second-order valence-electron chi connectivity index (χ2n) is 8.90. The van der Waals surface area contributed by atoms with Crippen molar-refractivity contribution in [3.63, 3.8) is 0 Å². The van der Waals surface area contributed by atoms with Gasteiger partial charge in [-0.25, -0.2) is 12.8 Å². The van der Waals surface area contributed by atoms with Gasteiger partial charge in [-0.15, -0.1) is 0 Å². The first-order valence-corrected chi connectivity index (χ1v) is 13.3. The molecule has 4 rings (SSSR count). The SMILES string of the molecule is O=C(NCCOc1ccc(S(=O)(=O)N2CCCC2)cc1)C1CCN(Cc2ccc(F)cc2)CC1. The molecule has 0 aliphatic carbocycles. The number of rotatable bonds is 9. The van der Waals surface area contributed by atoms with Gasteiger partial charge in [0, 0.05) is 25.6 Å². The Balaban J connectivity index is 1.14. The highest BCUT2D eigenvalue weighted by molar-refractivity contribution is 7.89. The summed E-state index contributed by atoms with van der Waals surface area (Å²) in [5, 5.41) is 2.94. The van der Waals surface area contributed by atoms with Crippen LogP contribution >= 0.6 is 0 Å². The van der Waals surface area contributed by atoms with Crippen LogP contribution in [0.2, 0.25) is 0 Å². The van der Waals surface area contributed by atoms with Crippen molar-refractivity contribution in [2.24, 2.45) is 5.92 Å². The maximum Gasteiger partial charge on any atom is 0.243 e. The van der Waals surface area contributed by atoms with E-state index in [0.717, 1.165) is 50.9 Å². The van der Waals surface area contributed by atoms with Crippen molar-refractivity contribution in [2.45, 2.75) is 37.1 Å². The fourth-order valence-electron chi connectivity index (χ4n) is 4.47. The lowest BCUT2D eigenvalue weighted by molar-refractivity contribution is -0.126. The van der Waals surface area contributed by atoms with Crippen molar-refractivity contribution < 1.29 is 22.3 Å². The van der Waals surface area contributed by atoms with Crippen LogP contribution in [0.1, 0.15) is 31.2 Å². The van der Waals surface area contributed by atoms with Gasteiger partial charge in [0.15, 0.2) is 0 Å². The number of ether oxygens (including phenoxy) is 1. The summed E-state index contributed by atoms with van der Waals surface area (Å²) in [4.78, 5) is 15.1. The molecule has 34 heavy (non-hydrogen) atoms. The molecule has 2 aromatic rings. The smallest absolute Gasteiger partial charge is 0.243 e. The Morgan fingerprint density at radius 1 is 0.971 bits per heavy atom. The number of hydrogen-bond acceptors (Lipinski definition) is 5. The number of nitrogens with zero attached hydrogens (tertiary/aromatic N) is 2. The third-order valence-corrected chi connectivity index (χ3v) is 8.39. The summed E-state index contributed by atoms with van der Waals surface area (Å²) < 4.78 is 45.4. The molecule has 0 saturated carbocycles. The first-order valence-electron chi connectivity index (χ1n) is 11.9. The Labute approximate surface area is 200 Å². The minimum Gasteiger partial charge on any atom is -0.492 e. The minimum atomic E-state index is -3.43. The van der Waals surface area contributed by atoms with Gasteiger partial charge >= 0.3 is 0 Å². The number of halogens is 1. The lowest BCUT2D eigenvalue weighted by atomic mass is 9.95. The molecule has 2 aliphatic rings. The lowest BCUT2D eigenvalue weighted by Gasteiger charge is -2.31. The molecule has 2 aliphatic heterocycles. The van der Waals surface area contributed by atoms with Gasteiger partial charge in [-0.3, -0.25) is 9.69 Å². The van der Waals surface area contributed by atoms with Gasteiger partial charge in [-0.05, 0) is 80.7 Å². The zero-order valence-corrected chi connectivity index (χ0v) is 20.1. The maximum atomic E-state index is 13.1. The standard InChI is InChI=1S/C25H32FN3O4S/c26-22-5-3-20(4-6-22)19-28-16-11-21(12-17-28)25(30)27-13-18-33-23-7-9-24(10-8-23)34(31,32)29-14-1-2-15-29/h3-10,21H,1-2,11-19H2,(H,27,30). The molecule has 0 bridgehead atoms. The van der Waals surface area contributed by atoms with E-state index >= 15 is 0 Å². The summed E-state index contributed by atoms with van der Waals surface area (Å²) in [6.45, 7) is 4.29. The topological polar surface area (TPSA) is 78.9 Å². The number of piperidine rings is 1. The predicted octanol–water partition coefficient (Wildman–Crippen LogP) is 3.02. The third kappa shape index (κ3) is 6.34. The van der Waals surface area contributed by atoms with Crippen molar-refractivity contribution >= 4 is 15.9 Å². The van der Waals surface area contributed by atoms with E-state index in [9.17, 15) is 17.6 Å². The lowest BCUT2D eigenvalue weighted by Crippen LogP contribution is -2.41. The first kappa shape index (κ1) is 24.6. The Morgan fingerprint density at radius 2 is 1.62 bits per heavy atom. The van der Waals surface area contributed by atoms with E-state index in [-0.39, 0.29) is 22.5 Å². The molecule has 2 saturated heterocycles. The van der Waals surface area contributed by atoms with Crippen LogP contribution in [0.25, 0.3) is 0 Å². The van der Waals surface area contributed by atoms with Gasteiger partial charge in [0.05, 0.1) is 11.4 Å². The van der Waals surface area contributed by atoms with Crippen LogP contribution in [0.15, 0.2) is 53.4 Å². The Bertz CT molecular complexity index is 1050.